The highest BCUT2D eigenvalue weighted by molar-refractivity contribution is 5.95. The summed E-state index contributed by atoms with van der Waals surface area (Å²) in [5.74, 6) is -0.338. The number of para-hydroxylation sites is 1. The maximum atomic E-state index is 11.8. The number of aromatic nitrogens is 2. The van der Waals surface area contributed by atoms with Gasteiger partial charge >= 0.3 is 11.8 Å². The first-order valence-electron chi connectivity index (χ1n) is 7.09. The van der Waals surface area contributed by atoms with E-state index in [0.717, 1.165) is 0 Å². The summed E-state index contributed by atoms with van der Waals surface area (Å²) in [6, 6.07) is 6.55. The van der Waals surface area contributed by atoms with E-state index in [4.69, 9.17) is 15.0 Å². The molecular formula is C15H18N4O4. The predicted octanol–water partition coefficient (Wildman–Crippen LogP) is 1.13. The van der Waals surface area contributed by atoms with Gasteiger partial charge in [-0.3, -0.25) is 9.59 Å². The highest BCUT2D eigenvalue weighted by atomic mass is 16.5. The quantitative estimate of drug-likeness (QED) is 0.789. The molecular weight excluding hydrogens is 300 g/mol. The lowest BCUT2D eigenvalue weighted by Crippen LogP contribution is -2.27. The third kappa shape index (κ3) is 4.53. The van der Waals surface area contributed by atoms with Crippen molar-refractivity contribution in [2.45, 2.75) is 20.5 Å². The maximum absolute atomic E-state index is 11.8. The molecule has 0 spiro atoms. The highest BCUT2D eigenvalue weighted by Crippen LogP contribution is 2.18. The maximum Gasteiger partial charge on any atom is 0.316 e. The summed E-state index contributed by atoms with van der Waals surface area (Å²) >= 11 is 0. The average Bonchev–Trinajstić information content (AvgIpc) is 2.99. The van der Waals surface area contributed by atoms with Crippen molar-refractivity contribution in [2.75, 3.05) is 6.54 Å². The highest BCUT2D eigenvalue weighted by Gasteiger charge is 2.16. The normalized spacial score (nSPS) is 10.6. The van der Waals surface area contributed by atoms with Gasteiger partial charge in [0.15, 0.2) is 6.61 Å². The molecule has 1 aromatic carbocycles. The summed E-state index contributed by atoms with van der Waals surface area (Å²) in [7, 11) is 0. The largest absolute Gasteiger partial charge is 0.485 e. The van der Waals surface area contributed by atoms with Crippen molar-refractivity contribution >= 4 is 11.8 Å². The Morgan fingerprint density at radius 1 is 1.35 bits per heavy atom. The molecule has 0 aliphatic heterocycles. The molecule has 1 aromatic heterocycles. The van der Waals surface area contributed by atoms with Crippen molar-refractivity contribution in [3.05, 3.63) is 41.5 Å². The van der Waals surface area contributed by atoms with Crippen molar-refractivity contribution in [1.82, 2.24) is 15.5 Å². The van der Waals surface area contributed by atoms with E-state index in [2.05, 4.69) is 15.5 Å². The number of primary amides is 1. The number of hydrogen-bond acceptors (Lipinski definition) is 6. The van der Waals surface area contributed by atoms with Crippen molar-refractivity contribution in [3.63, 3.8) is 0 Å². The number of rotatable bonds is 7. The van der Waals surface area contributed by atoms with Crippen molar-refractivity contribution in [1.29, 1.82) is 0 Å². The molecule has 3 N–H and O–H groups in total. The third-order valence-corrected chi connectivity index (χ3v) is 2.84. The van der Waals surface area contributed by atoms with E-state index < -0.39 is 11.8 Å². The fourth-order valence-corrected chi connectivity index (χ4v) is 1.72. The van der Waals surface area contributed by atoms with Crippen LogP contribution in [0.15, 0.2) is 28.8 Å². The second-order valence-corrected chi connectivity index (χ2v) is 5.27. The van der Waals surface area contributed by atoms with Gasteiger partial charge in [0, 0.05) is 6.54 Å². The fraction of sp³-hybridized carbons (Fsp3) is 0.333. The molecule has 0 bridgehead atoms. The smallest absolute Gasteiger partial charge is 0.316 e. The van der Waals surface area contributed by atoms with Crippen LogP contribution in [0.25, 0.3) is 0 Å². The van der Waals surface area contributed by atoms with Crippen LogP contribution in [-0.4, -0.2) is 28.5 Å². The first kappa shape index (κ1) is 16.5. The fourth-order valence-electron chi connectivity index (χ4n) is 1.72. The van der Waals surface area contributed by atoms with Crippen molar-refractivity contribution in [2.24, 2.45) is 11.7 Å². The Morgan fingerprint density at radius 2 is 2.09 bits per heavy atom. The van der Waals surface area contributed by atoms with Gasteiger partial charge in [0.1, 0.15) is 5.75 Å². The molecule has 8 heteroatoms. The lowest BCUT2D eigenvalue weighted by Gasteiger charge is -2.06. The summed E-state index contributed by atoms with van der Waals surface area (Å²) in [5, 5.41) is 6.34. The van der Waals surface area contributed by atoms with Crippen molar-refractivity contribution in [3.8, 4) is 5.75 Å². The van der Waals surface area contributed by atoms with E-state index in [1.807, 2.05) is 13.8 Å². The van der Waals surface area contributed by atoms with Crippen molar-refractivity contribution < 1.29 is 18.8 Å². The zero-order valence-electron chi connectivity index (χ0n) is 12.9. The number of carbonyl (C=O) groups is 2. The third-order valence-electron chi connectivity index (χ3n) is 2.84. The van der Waals surface area contributed by atoms with Crippen LogP contribution in [0.4, 0.5) is 0 Å². The Bertz CT molecular complexity index is 696. The van der Waals surface area contributed by atoms with Crippen LogP contribution in [0.1, 0.15) is 40.7 Å². The SMILES string of the molecule is CC(C)CNC(=O)c1nc(COc2ccccc2C(N)=O)no1. The molecule has 1 heterocycles. The number of nitrogens with two attached hydrogens (primary N) is 1. The molecule has 0 fully saturated rings. The van der Waals surface area contributed by atoms with Crippen LogP contribution < -0.4 is 15.8 Å². The van der Waals surface area contributed by atoms with Crippen LogP contribution in [0.3, 0.4) is 0 Å². The molecule has 0 saturated heterocycles. The summed E-state index contributed by atoms with van der Waals surface area (Å²) < 4.78 is 10.3. The zero-order chi connectivity index (χ0) is 16.8. The van der Waals surface area contributed by atoms with Gasteiger partial charge in [-0.1, -0.05) is 31.1 Å². The zero-order valence-corrected chi connectivity index (χ0v) is 12.9. The molecule has 8 nitrogen and oxygen atoms in total. The molecule has 0 aliphatic rings. The van der Waals surface area contributed by atoms with E-state index in [1.165, 1.54) is 0 Å². The summed E-state index contributed by atoms with van der Waals surface area (Å²) in [5.41, 5.74) is 5.52. The Kier molecular flexibility index (Phi) is 5.29. The minimum absolute atomic E-state index is 0.0503. The Balaban J connectivity index is 1.98. The Morgan fingerprint density at radius 3 is 2.78 bits per heavy atom. The van der Waals surface area contributed by atoms with Gasteiger partial charge in [-0.05, 0) is 18.1 Å². The minimum atomic E-state index is -0.595. The van der Waals surface area contributed by atoms with Gasteiger partial charge in [0.05, 0.1) is 5.56 Å². The molecule has 2 rings (SSSR count). The lowest BCUT2D eigenvalue weighted by atomic mass is 10.2. The van der Waals surface area contributed by atoms with E-state index in [-0.39, 0.29) is 23.9 Å². The number of ether oxygens (including phenoxy) is 1. The number of nitrogens with one attached hydrogen (secondary N) is 1. The summed E-state index contributed by atoms with van der Waals surface area (Å²) in [4.78, 5) is 27.0. The Hall–Kier alpha value is -2.90. The number of benzene rings is 1. The second kappa shape index (κ2) is 7.39. The monoisotopic (exact) mass is 318 g/mol. The van der Waals surface area contributed by atoms with Crippen LogP contribution in [-0.2, 0) is 6.61 Å². The van der Waals surface area contributed by atoms with Crippen LogP contribution in [0.2, 0.25) is 0 Å². The van der Waals surface area contributed by atoms with E-state index in [0.29, 0.717) is 18.2 Å². The van der Waals surface area contributed by atoms with Gasteiger partial charge in [-0.15, -0.1) is 0 Å². The van der Waals surface area contributed by atoms with E-state index in [1.54, 1.807) is 24.3 Å². The van der Waals surface area contributed by atoms with Gasteiger partial charge in [0.2, 0.25) is 5.82 Å². The van der Waals surface area contributed by atoms with Gasteiger partial charge in [-0.25, -0.2) is 0 Å². The van der Waals surface area contributed by atoms with E-state index >= 15 is 0 Å². The summed E-state index contributed by atoms with van der Waals surface area (Å²) in [6.45, 7) is 4.41. The Labute approximate surface area is 133 Å². The number of nitrogens with zero attached hydrogens (tertiary/aromatic N) is 2. The average molecular weight is 318 g/mol. The standard InChI is InChI=1S/C15H18N4O4/c1-9(2)7-17-14(21)15-18-12(19-23-15)8-22-11-6-4-3-5-10(11)13(16)20/h3-6,9H,7-8H2,1-2H3,(H2,16,20)(H,17,21). The lowest BCUT2D eigenvalue weighted by molar-refractivity contribution is 0.0904. The van der Waals surface area contributed by atoms with Crippen LogP contribution in [0, 0.1) is 5.92 Å². The molecule has 2 aromatic rings. The second-order valence-electron chi connectivity index (χ2n) is 5.27. The van der Waals surface area contributed by atoms with E-state index in [9.17, 15) is 9.59 Å². The molecule has 23 heavy (non-hydrogen) atoms. The molecule has 0 saturated carbocycles. The first-order valence-corrected chi connectivity index (χ1v) is 7.09. The minimum Gasteiger partial charge on any atom is -0.485 e. The van der Waals surface area contributed by atoms with Crippen LogP contribution >= 0.6 is 0 Å². The molecule has 0 radical (unpaired) electrons. The topological polar surface area (TPSA) is 120 Å². The van der Waals surface area contributed by atoms with Gasteiger partial charge in [0.25, 0.3) is 5.91 Å². The molecule has 0 unspecified atom stereocenters. The molecule has 0 atom stereocenters. The number of amides is 2. The van der Waals surface area contributed by atoms with Gasteiger partial charge in [-0.2, -0.15) is 4.98 Å². The predicted molar refractivity (Wildman–Crippen MR) is 80.8 cm³/mol. The molecule has 2 amide bonds. The summed E-state index contributed by atoms with van der Waals surface area (Å²) in [6.07, 6.45) is 0. The number of carbonyl (C=O) groups excluding carboxylic acids is 2. The van der Waals surface area contributed by atoms with Crippen LogP contribution in [0.5, 0.6) is 5.75 Å². The molecule has 0 aliphatic carbocycles. The molecule has 122 valence electrons. The van der Waals surface area contributed by atoms with Gasteiger partial charge < -0.3 is 20.3 Å². The first-order chi connectivity index (χ1) is 11.0. The number of hydrogen-bond donors (Lipinski definition) is 2.